The minimum Gasteiger partial charge on any atom is -0.462 e. The fraction of sp³-hybridized carbons (Fsp3) is 0.120. The third kappa shape index (κ3) is 5.00. The Morgan fingerprint density at radius 1 is 1.03 bits per heavy atom. The maximum Gasteiger partial charge on any atom is 0.341 e. The summed E-state index contributed by atoms with van der Waals surface area (Å²) in [6.07, 6.45) is 0. The molecule has 5 rings (SSSR count). The van der Waals surface area contributed by atoms with Gasteiger partial charge in [-0.15, -0.1) is 32.9 Å². The summed E-state index contributed by atoms with van der Waals surface area (Å²) in [5, 5.41) is 17.7. The van der Waals surface area contributed by atoms with Crippen LogP contribution in [0.5, 0.6) is 0 Å². The number of nitrogens with zero attached hydrogens (tertiary/aromatic N) is 2. The molecule has 0 fully saturated rings. The number of rotatable bonds is 8. The number of benzene rings is 2. The second-order valence-corrected chi connectivity index (χ2v) is 10.0. The highest BCUT2D eigenvalue weighted by Gasteiger charge is 2.23. The maximum atomic E-state index is 12.7. The van der Waals surface area contributed by atoms with Crippen LogP contribution in [0, 0.1) is 0 Å². The summed E-state index contributed by atoms with van der Waals surface area (Å²) in [6, 6.07) is 17.7. The molecule has 0 saturated carbocycles. The molecule has 0 spiro atoms. The van der Waals surface area contributed by atoms with Crippen LogP contribution in [-0.2, 0) is 9.53 Å². The molecule has 0 radical (unpaired) electrons. The molecule has 1 amide bonds. The van der Waals surface area contributed by atoms with Crippen LogP contribution in [0.2, 0.25) is 0 Å². The summed E-state index contributed by atoms with van der Waals surface area (Å²) in [6.45, 7) is 2.00. The van der Waals surface area contributed by atoms with Crippen LogP contribution < -0.4 is 5.32 Å². The summed E-state index contributed by atoms with van der Waals surface area (Å²) in [4.78, 5) is 26.3. The smallest absolute Gasteiger partial charge is 0.341 e. The third-order valence-electron chi connectivity index (χ3n) is 5.06. The lowest BCUT2D eigenvalue weighted by Gasteiger charge is -2.07. The molecule has 35 heavy (non-hydrogen) atoms. The van der Waals surface area contributed by atoms with E-state index in [0.717, 1.165) is 38.5 Å². The molecule has 176 valence electrons. The second kappa shape index (κ2) is 10.4. The van der Waals surface area contributed by atoms with E-state index in [1.54, 1.807) is 6.92 Å². The zero-order valence-electron chi connectivity index (χ0n) is 18.5. The van der Waals surface area contributed by atoms with Crippen LogP contribution in [0.4, 0.5) is 5.00 Å². The number of ether oxygens (including phenoxy) is 1. The van der Waals surface area contributed by atoms with Crippen molar-refractivity contribution in [2.75, 3.05) is 17.7 Å². The zero-order chi connectivity index (χ0) is 24.2. The van der Waals surface area contributed by atoms with Crippen LogP contribution in [0.3, 0.4) is 0 Å². The van der Waals surface area contributed by atoms with Crippen molar-refractivity contribution in [3.8, 4) is 21.9 Å². The van der Waals surface area contributed by atoms with E-state index in [9.17, 15) is 9.59 Å². The van der Waals surface area contributed by atoms with Crippen LogP contribution in [-0.4, -0.2) is 34.4 Å². The van der Waals surface area contributed by atoms with Gasteiger partial charge < -0.3 is 14.5 Å². The highest BCUT2D eigenvalue weighted by atomic mass is 32.2. The molecule has 3 aromatic heterocycles. The van der Waals surface area contributed by atoms with Gasteiger partial charge in [-0.3, -0.25) is 4.79 Å². The summed E-state index contributed by atoms with van der Waals surface area (Å²) in [7, 11) is 0. The van der Waals surface area contributed by atoms with Gasteiger partial charge in [0.15, 0.2) is 0 Å². The Kier molecular flexibility index (Phi) is 6.94. The number of nitrogens with one attached hydrogen (secondary N) is 1. The van der Waals surface area contributed by atoms with Crippen molar-refractivity contribution in [1.82, 2.24) is 10.2 Å². The number of carbonyl (C=O) groups is 2. The van der Waals surface area contributed by atoms with Gasteiger partial charge in [0.25, 0.3) is 5.22 Å². The molecule has 0 atom stereocenters. The first-order valence-corrected chi connectivity index (χ1v) is 13.4. The molecule has 0 aliphatic carbocycles. The number of thiophene rings is 2. The zero-order valence-corrected chi connectivity index (χ0v) is 21.0. The van der Waals surface area contributed by atoms with E-state index in [2.05, 4.69) is 15.5 Å². The highest BCUT2D eigenvalue weighted by molar-refractivity contribution is 7.99. The van der Waals surface area contributed by atoms with Crippen molar-refractivity contribution in [3.63, 3.8) is 0 Å². The summed E-state index contributed by atoms with van der Waals surface area (Å²) >= 11 is 3.95. The third-order valence-corrected chi connectivity index (χ3v) is 7.68. The van der Waals surface area contributed by atoms with E-state index in [1.807, 2.05) is 65.4 Å². The molecule has 5 aromatic rings. The van der Waals surface area contributed by atoms with Crippen molar-refractivity contribution in [1.29, 1.82) is 0 Å². The van der Waals surface area contributed by atoms with Gasteiger partial charge in [0.1, 0.15) is 10.6 Å². The number of esters is 1. The molecule has 0 unspecified atom stereocenters. The number of carbonyl (C=O) groups excluding carboxylic acids is 2. The van der Waals surface area contributed by atoms with E-state index in [0.29, 0.717) is 21.7 Å². The predicted octanol–water partition coefficient (Wildman–Crippen LogP) is 6.59. The predicted molar refractivity (Wildman–Crippen MR) is 140 cm³/mol. The Labute approximate surface area is 213 Å². The van der Waals surface area contributed by atoms with E-state index >= 15 is 0 Å². The van der Waals surface area contributed by atoms with Crippen molar-refractivity contribution in [3.05, 3.63) is 70.9 Å². The van der Waals surface area contributed by atoms with Gasteiger partial charge in [-0.05, 0) is 35.2 Å². The van der Waals surface area contributed by atoms with Gasteiger partial charge in [-0.2, -0.15) is 0 Å². The largest absolute Gasteiger partial charge is 0.462 e. The number of fused-ring (bicyclic) bond motifs is 1. The van der Waals surface area contributed by atoms with Crippen molar-refractivity contribution in [2.24, 2.45) is 0 Å². The van der Waals surface area contributed by atoms with Crippen LogP contribution in [0.25, 0.3) is 32.7 Å². The first-order valence-electron chi connectivity index (χ1n) is 10.7. The number of thioether (sulfide) groups is 1. The number of hydrogen-bond acceptors (Lipinski definition) is 9. The van der Waals surface area contributed by atoms with Gasteiger partial charge in [-0.1, -0.05) is 54.2 Å². The first kappa shape index (κ1) is 23.3. The maximum absolute atomic E-state index is 12.7. The lowest BCUT2D eigenvalue weighted by Crippen LogP contribution is -2.16. The Hall–Kier alpha value is -3.47. The van der Waals surface area contributed by atoms with Gasteiger partial charge in [0.2, 0.25) is 11.8 Å². The van der Waals surface area contributed by atoms with E-state index < -0.39 is 5.97 Å². The van der Waals surface area contributed by atoms with Crippen LogP contribution in [0.15, 0.2) is 75.0 Å². The fourth-order valence-electron chi connectivity index (χ4n) is 3.55. The number of anilines is 1. The van der Waals surface area contributed by atoms with Crippen molar-refractivity contribution in [2.45, 2.75) is 12.1 Å². The Bertz CT molecular complexity index is 1490. The van der Waals surface area contributed by atoms with Crippen LogP contribution >= 0.6 is 34.4 Å². The Balaban J connectivity index is 1.29. The average molecular weight is 522 g/mol. The van der Waals surface area contributed by atoms with E-state index in [1.165, 1.54) is 22.7 Å². The average Bonchev–Trinajstić information content (AvgIpc) is 3.63. The Morgan fingerprint density at radius 3 is 2.71 bits per heavy atom. The van der Waals surface area contributed by atoms with Gasteiger partial charge >= 0.3 is 5.97 Å². The minimum atomic E-state index is -0.461. The number of hydrogen-bond donors (Lipinski definition) is 1. The van der Waals surface area contributed by atoms with Gasteiger partial charge in [-0.25, -0.2) is 4.79 Å². The van der Waals surface area contributed by atoms with E-state index in [-0.39, 0.29) is 18.3 Å². The monoisotopic (exact) mass is 521 g/mol. The molecule has 3 heterocycles. The molecular weight excluding hydrogens is 502 g/mol. The summed E-state index contributed by atoms with van der Waals surface area (Å²) < 4.78 is 11.1. The Morgan fingerprint density at radius 2 is 1.89 bits per heavy atom. The highest BCUT2D eigenvalue weighted by Crippen LogP contribution is 2.38. The standard InChI is InChI=1S/C25H19N3O4S3/c1-2-31-24(30)21-18(19-11-6-12-33-19)13-34-23(21)26-20(29)14-35-25-28-27-22(32-25)17-10-5-8-15-7-3-4-9-16(15)17/h3-13H,2,14H2,1H3,(H,26,29). The second-order valence-electron chi connectivity index (χ2n) is 7.29. The van der Waals surface area contributed by atoms with E-state index in [4.69, 9.17) is 9.15 Å². The summed E-state index contributed by atoms with van der Waals surface area (Å²) in [5.74, 6) is -0.305. The molecule has 2 aromatic carbocycles. The molecular formula is C25H19N3O4S3. The normalized spacial score (nSPS) is 11.0. The lowest BCUT2D eigenvalue weighted by atomic mass is 10.0. The quantitative estimate of drug-likeness (QED) is 0.182. The topological polar surface area (TPSA) is 94.3 Å². The number of amides is 1. The molecule has 7 nitrogen and oxygen atoms in total. The van der Waals surface area contributed by atoms with Gasteiger partial charge in [0.05, 0.1) is 12.4 Å². The SMILES string of the molecule is CCOC(=O)c1c(-c2cccs2)csc1NC(=O)CSc1nnc(-c2cccc3ccccc23)o1. The molecule has 10 heteroatoms. The molecule has 0 bridgehead atoms. The first-order chi connectivity index (χ1) is 17.1. The lowest BCUT2D eigenvalue weighted by molar-refractivity contribution is -0.113. The minimum absolute atomic E-state index is 0.0473. The van der Waals surface area contributed by atoms with Gasteiger partial charge in [0, 0.05) is 21.4 Å². The van der Waals surface area contributed by atoms with Crippen LogP contribution in [0.1, 0.15) is 17.3 Å². The molecule has 0 aliphatic heterocycles. The molecule has 1 N–H and O–H groups in total. The van der Waals surface area contributed by atoms with Crippen molar-refractivity contribution < 1.29 is 18.7 Å². The molecule has 0 aliphatic rings. The number of aromatic nitrogens is 2. The summed E-state index contributed by atoms with van der Waals surface area (Å²) in [5.41, 5.74) is 1.96. The van der Waals surface area contributed by atoms with Crippen molar-refractivity contribution >= 4 is 62.1 Å². The fourth-order valence-corrected chi connectivity index (χ4v) is 5.90. The molecule has 0 saturated heterocycles.